The zero-order chi connectivity index (χ0) is 17.7. The van der Waals surface area contributed by atoms with Crippen molar-refractivity contribution in [3.63, 3.8) is 0 Å². The van der Waals surface area contributed by atoms with Crippen molar-refractivity contribution in [1.29, 1.82) is 0 Å². The van der Waals surface area contributed by atoms with Crippen molar-refractivity contribution < 1.29 is 9.59 Å². The van der Waals surface area contributed by atoms with Crippen molar-refractivity contribution in [2.75, 3.05) is 16.8 Å². The van der Waals surface area contributed by atoms with Crippen LogP contribution in [0.15, 0.2) is 23.6 Å². The molecule has 2 saturated carbocycles. The lowest BCUT2D eigenvalue weighted by Gasteiger charge is -2.23. The lowest BCUT2D eigenvalue weighted by Crippen LogP contribution is -2.30. The predicted molar refractivity (Wildman–Crippen MR) is 102 cm³/mol. The molecule has 1 aromatic heterocycles. The molecule has 0 spiro atoms. The zero-order valence-electron chi connectivity index (χ0n) is 14.5. The molecule has 2 heterocycles. The van der Waals surface area contributed by atoms with E-state index in [9.17, 15) is 9.59 Å². The molecule has 6 heteroatoms. The van der Waals surface area contributed by atoms with Gasteiger partial charge in [0, 0.05) is 35.0 Å². The Bertz CT molecular complexity index is 883. The lowest BCUT2D eigenvalue weighted by molar-refractivity contribution is -0.122. The summed E-state index contributed by atoms with van der Waals surface area (Å²) in [6.07, 6.45) is 6.11. The van der Waals surface area contributed by atoms with Crippen LogP contribution in [-0.4, -0.2) is 23.3 Å². The summed E-state index contributed by atoms with van der Waals surface area (Å²) in [5.41, 5.74) is 4.20. The molecule has 0 radical (unpaired) electrons. The number of nitrogens with one attached hydrogen (secondary N) is 1. The average Bonchev–Trinajstić information content (AvgIpc) is 3.19. The van der Waals surface area contributed by atoms with Crippen molar-refractivity contribution in [2.45, 2.75) is 38.5 Å². The number of fused-ring (bicyclic) bond motifs is 1. The van der Waals surface area contributed by atoms with Gasteiger partial charge in [0.1, 0.15) is 0 Å². The van der Waals surface area contributed by atoms with Gasteiger partial charge in [0.15, 0.2) is 5.13 Å². The Kier molecular flexibility index (Phi) is 3.81. The van der Waals surface area contributed by atoms with Gasteiger partial charge in [-0.2, -0.15) is 0 Å². The maximum absolute atomic E-state index is 12.4. The molecule has 0 atom stereocenters. The summed E-state index contributed by atoms with van der Waals surface area (Å²) in [7, 11) is 0. The fourth-order valence-corrected chi connectivity index (χ4v) is 4.40. The van der Waals surface area contributed by atoms with Crippen LogP contribution in [-0.2, 0) is 16.0 Å². The van der Waals surface area contributed by atoms with Crippen LogP contribution in [0, 0.1) is 11.8 Å². The van der Waals surface area contributed by atoms with Crippen molar-refractivity contribution in [3.05, 3.63) is 29.1 Å². The van der Waals surface area contributed by atoms with E-state index in [0.717, 1.165) is 62.0 Å². The number of hydrogen-bond donors (Lipinski definition) is 1. The number of amides is 2. The summed E-state index contributed by atoms with van der Waals surface area (Å²) in [4.78, 5) is 31.0. The molecule has 0 bridgehead atoms. The molecule has 3 aliphatic rings. The summed E-state index contributed by atoms with van der Waals surface area (Å²) < 4.78 is 0. The molecular formula is C20H21N3O2S. The zero-order valence-corrected chi connectivity index (χ0v) is 15.3. The second-order valence-electron chi connectivity index (χ2n) is 7.51. The van der Waals surface area contributed by atoms with Crippen molar-refractivity contribution in [2.24, 2.45) is 11.8 Å². The minimum atomic E-state index is 0.0975. The second-order valence-corrected chi connectivity index (χ2v) is 8.37. The molecule has 5 rings (SSSR count). The highest BCUT2D eigenvalue weighted by atomic mass is 32.1. The largest absolute Gasteiger partial charge is 0.312 e. The number of anilines is 2. The standard InChI is InChI=1S/C20H21N3O2S/c24-18(12-2-1-3-12)22-20-21-16(11-26-20)14-6-7-17-15(10-14)8-9-23(17)19(25)13-4-5-13/h6-7,10-13H,1-5,8-9H2,(H,21,22,24). The molecule has 1 N–H and O–H groups in total. The van der Waals surface area contributed by atoms with Crippen LogP contribution in [0.25, 0.3) is 11.3 Å². The van der Waals surface area contributed by atoms with Gasteiger partial charge in [0.2, 0.25) is 11.8 Å². The van der Waals surface area contributed by atoms with Crippen LogP contribution < -0.4 is 10.2 Å². The van der Waals surface area contributed by atoms with E-state index in [4.69, 9.17) is 0 Å². The SMILES string of the molecule is O=C(Nc1nc(-c2ccc3c(c2)CCN3C(=O)C2CC2)cs1)C1CCC1. The summed E-state index contributed by atoms with van der Waals surface area (Å²) >= 11 is 1.47. The highest BCUT2D eigenvalue weighted by Crippen LogP contribution is 2.38. The number of carbonyl (C=O) groups is 2. The highest BCUT2D eigenvalue weighted by Gasteiger charge is 2.36. The number of aromatic nitrogens is 1. The smallest absolute Gasteiger partial charge is 0.230 e. The fourth-order valence-electron chi connectivity index (χ4n) is 3.68. The molecule has 0 unspecified atom stereocenters. The average molecular weight is 367 g/mol. The minimum absolute atomic E-state index is 0.0975. The lowest BCUT2D eigenvalue weighted by atomic mass is 9.85. The summed E-state index contributed by atoms with van der Waals surface area (Å²) in [5.74, 6) is 0.796. The first-order valence-corrected chi connectivity index (χ1v) is 10.3. The van der Waals surface area contributed by atoms with Crippen LogP contribution in [0.4, 0.5) is 10.8 Å². The maximum Gasteiger partial charge on any atom is 0.230 e. The van der Waals surface area contributed by atoms with Crippen LogP contribution >= 0.6 is 11.3 Å². The Morgan fingerprint density at radius 3 is 2.73 bits per heavy atom. The topological polar surface area (TPSA) is 62.3 Å². The second kappa shape index (κ2) is 6.20. The van der Waals surface area contributed by atoms with Crippen molar-refractivity contribution in [1.82, 2.24) is 4.98 Å². The summed E-state index contributed by atoms with van der Waals surface area (Å²) in [5, 5.41) is 5.60. The van der Waals surface area contributed by atoms with Gasteiger partial charge in [-0.15, -0.1) is 11.3 Å². The minimum Gasteiger partial charge on any atom is -0.312 e. The first-order chi connectivity index (χ1) is 12.7. The number of thiazole rings is 1. The van der Waals surface area contributed by atoms with Crippen LogP contribution in [0.3, 0.4) is 0 Å². The third kappa shape index (κ3) is 2.82. The predicted octanol–water partition coefficient (Wildman–Crippen LogP) is 3.85. The Morgan fingerprint density at radius 1 is 1.15 bits per heavy atom. The number of benzene rings is 1. The number of nitrogens with zero attached hydrogens (tertiary/aromatic N) is 2. The van der Waals surface area contributed by atoms with E-state index in [1.54, 1.807) is 0 Å². The Morgan fingerprint density at radius 2 is 2.00 bits per heavy atom. The molecule has 2 aromatic rings. The molecule has 134 valence electrons. The van der Waals surface area contributed by atoms with E-state index < -0.39 is 0 Å². The number of rotatable bonds is 4. The Balaban J connectivity index is 1.33. The highest BCUT2D eigenvalue weighted by molar-refractivity contribution is 7.14. The van der Waals surface area contributed by atoms with E-state index in [0.29, 0.717) is 5.13 Å². The van der Waals surface area contributed by atoms with Gasteiger partial charge in [-0.1, -0.05) is 12.5 Å². The molecule has 26 heavy (non-hydrogen) atoms. The first kappa shape index (κ1) is 16.0. The molecule has 5 nitrogen and oxygen atoms in total. The fraction of sp³-hybridized carbons (Fsp3) is 0.450. The Hall–Kier alpha value is -2.21. The van der Waals surface area contributed by atoms with Crippen LogP contribution in [0.5, 0.6) is 0 Å². The van der Waals surface area contributed by atoms with E-state index in [1.807, 2.05) is 22.4 Å². The van der Waals surface area contributed by atoms with Crippen molar-refractivity contribution in [3.8, 4) is 11.3 Å². The van der Waals surface area contributed by atoms with Gasteiger partial charge in [-0.05, 0) is 49.8 Å². The van der Waals surface area contributed by atoms with Gasteiger partial charge in [0.05, 0.1) is 5.69 Å². The summed E-state index contributed by atoms with van der Waals surface area (Å²) in [6.45, 7) is 0.786. The first-order valence-electron chi connectivity index (χ1n) is 9.40. The normalized spacial score (nSPS) is 19.2. The molecule has 1 aliphatic heterocycles. The molecule has 2 aliphatic carbocycles. The van der Waals surface area contributed by atoms with E-state index >= 15 is 0 Å². The monoisotopic (exact) mass is 367 g/mol. The van der Waals surface area contributed by atoms with E-state index in [1.165, 1.54) is 16.9 Å². The van der Waals surface area contributed by atoms with Gasteiger partial charge in [-0.25, -0.2) is 4.98 Å². The molecule has 0 saturated heterocycles. The third-order valence-corrected chi connectivity index (χ3v) is 6.43. The molecular weight excluding hydrogens is 346 g/mol. The molecule has 1 aromatic carbocycles. The van der Waals surface area contributed by atoms with Gasteiger partial charge < -0.3 is 10.2 Å². The third-order valence-electron chi connectivity index (χ3n) is 5.67. The Labute approximate surface area is 156 Å². The van der Waals surface area contributed by atoms with Gasteiger partial charge in [-0.3, -0.25) is 9.59 Å². The van der Waals surface area contributed by atoms with Crippen LogP contribution in [0.1, 0.15) is 37.7 Å². The van der Waals surface area contributed by atoms with Gasteiger partial charge >= 0.3 is 0 Å². The maximum atomic E-state index is 12.4. The molecule has 2 amide bonds. The van der Waals surface area contributed by atoms with Gasteiger partial charge in [0.25, 0.3) is 0 Å². The molecule has 2 fully saturated rings. The quantitative estimate of drug-likeness (QED) is 0.893. The number of carbonyl (C=O) groups excluding carboxylic acids is 2. The number of hydrogen-bond acceptors (Lipinski definition) is 4. The van der Waals surface area contributed by atoms with E-state index in [-0.39, 0.29) is 23.7 Å². The summed E-state index contributed by atoms with van der Waals surface area (Å²) in [6, 6.07) is 6.22. The van der Waals surface area contributed by atoms with Crippen LogP contribution in [0.2, 0.25) is 0 Å². The van der Waals surface area contributed by atoms with E-state index in [2.05, 4.69) is 16.4 Å². The van der Waals surface area contributed by atoms with Crippen molar-refractivity contribution >= 4 is 34.0 Å².